The van der Waals surface area contributed by atoms with E-state index in [2.05, 4.69) is 10.3 Å². The van der Waals surface area contributed by atoms with Gasteiger partial charge in [0.25, 0.3) is 5.91 Å². The molecule has 0 spiro atoms. The predicted octanol–water partition coefficient (Wildman–Crippen LogP) is 1.92. The molecule has 132 valence electrons. The lowest BCUT2D eigenvalue weighted by molar-refractivity contribution is 0.0951. The molecule has 0 unspecified atom stereocenters. The normalized spacial score (nSPS) is 10.9. The van der Waals surface area contributed by atoms with Crippen LogP contribution in [0.5, 0.6) is 0 Å². The number of carbonyl (C=O) groups is 1. The number of benzene rings is 1. The molecular formula is C14H17Cl2N3O3S2. The van der Waals surface area contributed by atoms with Crippen molar-refractivity contribution in [2.75, 3.05) is 18.8 Å². The molecule has 6 nitrogen and oxygen atoms in total. The van der Waals surface area contributed by atoms with E-state index in [1.807, 2.05) is 0 Å². The summed E-state index contributed by atoms with van der Waals surface area (Å²) in [7, 11) is -3.47. The first-order valence-corrected chi connectivity index (χ1v) is 9.74. The van der Waals surface area contributed by atoms with Gasteiger partial charge in [0.15, 0.2) is 9.84 Å². The lowest BCUT2D eigenvalue weighted by Crippen LogP contribution is -2.29. The average molecular weight is 410 g/mol. The maximum absolute atomic E-state index is 12.1. The van der Waals surface area contributed by atoms with Crippen molar-refractivity contribution in [1.82, 2.24) is 10.3 Å². The molecule has 0 radical (unpaired) electrons. The van der Waals surface area contributed by atoms with Crippen LogP contribution in [0.25, 0.3) is 0 Å². The molecule has 1 aromatic carbocycles. The minimum atomic E-state index is -3.47. The maximum atomic E-state index is 12.1. The van der Waals surface area contributed by atoms with E-state index in [1.165, 1.54) is 35.6 Å². The number of hydrogen-bond acceptors (Lipinski definition) is 6. The number of sulfone groups is 1. The zero-order valence-corrected chi connectivity index (χ0v) is 15.8. The molecule has 2 aromatic rings. The topological polar surface area (TPSA) is 102 Å². The van der Waals surface area contributed by atoms with Crippen LogP contribution in [-0.2, 0) is 16.3 Å². The third kappa shape index (κ3) is 5.71. The fourth-order valence-corrected chi connectivity index (χ4v) is 3.88. The second-order valence-electron chi connectivity index (χ2n) is 4.69. The van der Waals surface area contributed by atoms with Crippen molar-refractivity contribution >= 4 is 51.1 Å². The molecule has 0 saturated heterocycles. The minimum absolute atomic E-state index is 0. The number of halogens is 2. The summed E-state index contributed by atoms with van der Waals surface area (Å²) in [5.74, 6) is -0.587. The minimum Gasteiger partial charge on any atom is -0.350 e. The zero-order valence-electron chi connectivity index (χ0n) is 12.6. The lowest BCUT2D eigenvalue weighted by Gasteiger charge is -2.06. The monoisotopic (exact) mass is 409 g/mol. The standard InChI is InChI=1S/C14H16ClN3O3S2.ClH/c15-10-1-3-11(4-2-10)23(20,21)8-7-17-14(19)12-9-22-13(18-12)5-6-16;/h1-4,9H,5-8,16H2,(H,17,19);1H. The summed E-state index contributed by atoms with van der Waals surface area (Å²) in [4.78, 5) is 16.2. The van der Waals surface area contributed by atoms with Crippen molar-refractivity contribution in [2.24, 2.45) is 5.73 Å². The van der Waals surface area contributed by atoms with E-state index in [9.17, 15) is 13.2 Å². The smallest absolute Gasteiger partial charge is 0.270 e. The van der Waals surface area contributed by atoms with Crippen LogP contribution >= 0.6 is 35.3 Å². The van der Waals surface area contributed by atoms with Crippen molar-refractivity contribution in [2.45, 2.75) is 11.3 Å². The summed E-state index contributed by atoms with van der Waals surface area (Å²) in [5, 5.41) is 5.44. The molecule has 0 fully saturated rings. The molecule has 10 heteroatoms. The number of hydrogen-bond donors (Lipinski definition) is 2. The van der Waals surface area contributed by atoms with Gasteiger partial charge in [-0.2, -0.15) is 0 Å². The fraction of sp³-hybridized carbons (Fsp3) is 0.286. The van der Waals surface area contributed by atoms with Gasteiger partial charge < -0.3 is 11.1 Å². The van der Waals surface area contributed by atoms with Gasteiger partial charge in [0.05, 0.1) is 15.7 Å². The Balaban J connectivity index is 0.00000288. The van der Waals surface area contributed by atoms with Crippen LogP contribution in [0.3, 0.4) is 0 Å². The Hall–Kier alpha value is -1.19. The molecular weight excluding hydrogens is 393 g/mol. The molecule has 0 bridgehead atoms. The highest BCUT2D eigenvalue weighted by Gasteiger charge is 2.16. The Labute approximate surface area is 155 Å². The summed E-state index contributed by atoms with van der Waals surface area (Å²) >= 11 is 7.09. The number of carbonyl (C=O) groups excluding carboxylic acids is 1. The second-order valence-corrected chi connectivity index (χ2v) is 8.18. The molecule has 24 heavy (non-hydrogen) atoms. The summed E-state index contributed by atoms with van der Waals surface area (Å²) in [6.07, 6.45) is 0.614. The number of nitrogens with two attached hydrogens (primary N) is 1. The molecule has 0 saturated carbocycles. The van der Waals surface area contributed by atoms with Gasteiger partial charge in [-0.05, 0) is 30.8 Å². The van der Waals surface area contributed by atoms with Crippen molar-refractivity contribution in [3.63, 3.8) is 0 Å². The molecule has 0 atom stereocenters. The molecule has 0 aliphatic rings. The van der Waals surface area contributed by atoms with Crippen LogP contribution in [0.15, 0.2) is 34.5 Å². The Bertz CT molecular complexity index is 777. The highest BCUT2D eigenvalue weighted by Crippen LogP contribution is 2.15. The number of nitrogens with one attached hydrogen (secondary N) is 1. The van der Waals surface area contributed by atoms with Crippen LogP contribution < -0.4 is 11.1 Å². The molecule has 2 rings (SSSR count). The van der Waals surface area contributed by atoms with Gasteiger partial charge in [0.1, 0.15) is 5.69 Å². The summed E-state index contributed by atoms with van der Waals surface area (Å²) in [5.41, 5.74) is 5.71. The molecule has 0 aliphatic carbocycles. The van der Waals surface area contributed by atoms with Gasteiger partial charge in [-0.3, -0.25) is 4.79 Å². The Kier molecular flexibility index (Phi) is 8.11. The van der Waals surface area contributed by atoms with E-state index in [0.717, 1.165) is 5.01 Å². The van der Waals surface area contributed by atoms with Gasteiger partial charge in [-0.25, -0.2) is 13.4 Å². The van der Waals surface area contributed by atoms with E-state index in [-0.39, 0.29) is 35.3 Å². The molecule has 0 aliphatic heterocycles. The third-order valence-electron chi connectivity index (χ3n) is 2.97. The van der Waals surface area contributed by atoms with E-state index in [0.29, 0.717) is 18.0 Å². The highest BCUT2D eigenvalue weighted by molar-refractivity contribution is 7.91. The van der Waals surface area contributed by atoms with Crippen molar-refractivity contribution in [3.05, 3.63) is 45.4 Å². The molecule has 1 amide bonds. The van der Waals surface area contributed by atoms with Crippen molar-refractivity contribution < 1.29 is 13.2 Å². The number of rotatable bonds is 7. The van der Waals surface area contributed by atoms with Crippen LogP contribution in [0.2, 0.25) is 5.02 Å². The molecule has 1 aromatic heterocycles. The summed E-state index contributed by atoms with van der Waals surface area (Å²) < 4.78 is 24.3. The summed E-state index contributed by atoms with van der Waals surface area (Å²) in [6, 6.07) is 5.92. The lowest BCUT2D eigenvalue weighted by atomic mass is 10.4. The van der Waals surface area contributed by atoms with Gasteiger partial charge in [0.2, 0.25) is 0 Å². The zero-order chi connectivity index (χ0) is 16.9. The van der Waals surface area contributed by atoms with Crippen molar-refractivity contribution in [1.29, 1.82) is 0 Å². The second kappa shape index (κ2) is 9.33. The van der Waals surface area contributed by atoms with Gasteiger partial charge >= 0.3 is 0 Å². The first kappa shape index (κ1) is 20.9. The predicted molar refractivity (Wildman–Crippen MR) is 98.0 cm³/mol. The highest BCUT2D eigenvalue weighted by atomic mass is 35.5. The van der Waals surface area contributed by atoms with E-state index < -0.39 is 15.7 Å². The summed E-state index contributed by atoms with van der Waals surface area (Å²) in [6.45, 7) is 0.474. The van der Waals surface area contributed by atoms with Crippen LogP contribution in [0, 0.1) is 0 Å². The molecule has 3 N–H and O–H groups in total. The van der Waals surface area contributed by atoms with Crippen molar-refractivity contribution in [3.8, 4) is 0 Å². The first-order valence-electron chi connectivity index (χ1n) is 6.83. The van der Waals surface area contributed by atoms with Crippen LogP contribution in [-0.4, -0.2) is 38.2 Å². The van der Waals surface area contributed by atoms with Crippen LogP contribution in [0.1, 0.15) is 15.5 Å². The maximum Gasteiger partial charge on any atom is 0.270 e. The largest absolute Gasteiger partial charge is 0.350 e. The fourth-order valence-electron chi connectivity index (χ4n) is 1.80. The van der Waals surface area contributed by atoms with Gasteiger partial charge in [0, 0.05) is 23.4 Å². The van der Waals surface area contributed by atoms with E-state index in [4.69, 9.17) is 17.3 Å². The molecule has 1 heterocycles. The quantitative estimate of drug-likeness (QED) is 0.726. The number of amides is 1. The first-order chi connectivity index (χ1) is 10.9. The van der Waals surface area contributed by atoms with E-state index >= 15 is 0 Å². The SMILES string of the molecule is Cl.NCCc1nc(C(=O)NCCS(=O)(=O)c2ccc(Cl)cc2)cs1. The van der Waals surface area contributed by atoms with E-state index in [1.54, 1.807) is 5.38 Å². The number of thiazole rings is 1. The average Bonchev–Trinajstić information content (AvgIpc) is 2.96. The Morgan fingerprint density at radius 1 is 1.29 bits per heavy atom. The third-order valence-corrected chi connectivity index (χ3v) is 5.86. The number of aromatic nitrogens is 1. The van der Waals surface area contributed by atoms with Gasteiger partial charge in [-0.15, -0.1) is 23.7 Å². The van der Waals surface area contributed by atoms with Crippen LogP contribution in [0.4, 0.5) is 0 Å². The number of nitrogens with zero attached hydrogens (tertiary/aromatic N) is 1. The van der Waals surface area contributed by atoms with Gasteiger partial charge in [-0.1, -0.05) is 11.6 Å². The Morgan fingerprint density at radius 3 is 2.58 bits per heavy atom. The Morgan fingerprint density at radius 2 is 1.96 bits per heavy atom.